The third-order valence-corrected chi connectivity index (χ3v) is 5.56. The number of hydrogen-bond acceptors (Lipinski definition) is 3. The van der Waals surface area contributed by atoms with Gasteiger partial charge in [0.1, 0.15) is 11.5 Å². The van der Waals surface area contributed by atoms with Gasteiger partial charge in [0.25, 0.3) is 0 Å². The molecule has 4 aromatic rings. The number of carbonyl (C=O) groups is 1. The lowest BCUT2D eigenvalue weighted by molar-refractivity contribution is -0.137. The zero-order chi connectivity index (χ0) is 23.2. The number of amides is 2. The predicted octanol–water partition coefficient (Wildman–Crippen LogP) is 5.02. The highest BCUT2D eigenvalue weighted by Gasteiger charge is 2.33. The van der Waals surface area contributed by atoms with Gasteiger partial charge in [0.05, 0.1) is 35.2 Å². The van der Waals surface area contributed by atoms with Crippen molar-refractivity contribution in [1.82, 2.24) is 19.7 Å². The first-order chi connectivity index (χ1) is 15.8. The van der Waals surface area contributed by atoms with E-state index in [0.29, 0.717) is 41.1 Å². The summed E-state index contributed by atoms with van der Waals surface area (Å²) < 4.78 is 54.0. The third-order valence-electron chi connectivity index (χ3n) is 5.56. The number of aromatic nitrogens is 3. The standard InChI is InChI=1S/C23H17F4N5O/c24-18-4-1-2-5-21(18)32-20-7-3-6-19(17(20)13-29-32)31-11-10-30(22(31)33)14-16-9-8-15(12-28-16)23(25,26)27/h1-9,12-13H,10-11,14H2. The van der Waals surface area contributed by atoms with E-state index in [-0.39, 0.29) is 12.6 Å². The van der Waals surface area contributed by atoms with Gasteiger partial charge in [-0.05, 0) is 36.4 Å². The molecule has 6 nitrogen and oxygen atoms in total. The van der Waals surface area contributed by atoms with Crippen molar-refractivity contribution in [3.8, 4) is 5.69 Å². The highest BCUT2D eigenvalue weighted by molar-refractivity contribution is 6.03. The molecule has 2 amide bonds. The summed E-state index contributed by atoms with van der Waals surface area (Å²) in [5.74, 6) is -0.416. The van der Waals surface area contributed by atoms with Crippen molar-refractivity contribution < 1.29 is 22.4 Å². The molecule has 1 saturated heterocycles. The molecule has 1 aliphatic rings. The second-order valence-electron chi connectivity index (χ2n) is 7.61. The number of alkyl halides is 3. The minimum atomic E-state index is -4.46. The number of urea groups is 1. The van der Waals surface area contributed by atoms with E-state index >= 15 is 0 Å². The molecule has 0 spiro atoms. The second kappa shape index (κ2) is 7.88. The molecule has 2 aromatic heterocycles. The van der Waals surface area contributed by atoms with Crippen LogP contribution in [0.2, 0.25) is 0 Å². The summed E-state index contributed by atoms with van der Waals surface area (Å²) in [4.78, 5) is 20.0. The maximum absolute atomic E-state index is 14.3. The molecule has 33 heavy (non-hydrogen) atoms. The summed E-state index contributed by atoms with van der Waals surface area (Å²) in [6.45, 7) is 0.876. The Labute approximate surface area is 185 Å². The Balaban J connectivity index is 1.40. The van der Waals surface area contributed by atoms with E-state index < -0.39 is 17.6 Å². The fourth-order valence-corrected chi connectivity index (χ4v) is 3.92. The molecular formula is C23H17F4N5O. The van der Waals surface area contributed by atoms with Gasteiger partial charge in [-0.2, -0.15) is 18.3 Å². The highest BCUT2D eigenvalue weighted by Crippen LogP contribution is 2.32. The lowest BCUT2D eigenvalue weighted by Gasteiger charge is -2.19. The van der Waals surface area contributed by atoms with Crippen LogP contribution in [-0.2, 0) is 12.7 Å². The molecule has 10 heteroatoms. The Kier molecular flexibility index (Phi) is 4.99. The molecule has 1 aliphatic heterocycles. The average molecular weight is 455 g/mol. The summed E-state index contributed by atoms with van der Waals surface area (Å²) in [6, 6.07) is 13.6. The Morgan fingerprint density at radius 2 is 1.70 bits per heavy atom. The molecule has 0 radical (unpaired) electrons. The van der Waals surface area contributed by atoms with Crippen molar-refractivity contribution in [2.75, 3.05) is 18.0 Å². The van der Waals surface area contributed by atoms with Crippen LogP contribution in [0, 0.1) is 5.82 Å². The molecule has 0 saturated carbocycles. The van der Waals surface area contributed by atoms with E-state index in [1.807, 2.05) is 0 Å². The van der Waals surface area contributed by atoms with E-state index in [4.69, 9.17) is 0 Å². The monoisotopic (exact) mass is 455 g/mol. The van der Waals surface area contributed by atoms with Crippen LogP contribution < -0.4 is 4.90 Å². The number of halogens is 4. The Bertz CT molecular complexity index is 1330. The molecule has 168 valence electrons. The minimum Gasteiger partial charge on any atom is -0.317 e. The topological polar surface area (TPSA) is 54.3 Å². The number of rotatable bonds is 4. The summed E-state index contributed by atoms with van der Waals surface area (Å²) in [5.41, 5.74) is 1.10. The highest BCUT2D eigenvalue weighted by atomic mass is 19.4. The van der Waals surface area contributed by atoms with Crippen LogP contribution >= 0.6 is 0 Å². The average Bonchev–Trinajstić information content (AvgIpc) is 3.38. The van der Waals surface area contributed by atoms with Gasteiger partial charge in [0.2, 0.25) is 0 Å². The van der Waals surface area contributed by atoms with Crippen LogP contribution in [0.3, 0.4) is 0 Å². The van der Waals surface area contributed by atoms with E-state index in [1.165, 1.54) is 21.7 Å². The van der Waals surface area contributed by atoms with Crippen molar-refractivity contribution in [2.45, 2.75) is 12.7 Å². The number of carbonyl (C=O) groups excluding carboxylic acids is 1. The zero-order valence-electron chi connectivity index (χ0n) is 17.1. The predicted molar refractivity (Wildman–Crippen MR) is 113 cm³/mol. The van der Waals surface area contributed by atoms with Gasteiger partial charge < -0.3 is 4.90 Å². The van der Waals surface area contributed by atoms with Crippen LogP contribution in [0.1, 0.15) is 11.3 Å². The van der Waals surface area contributed by atoms with Crippen molar-refractivity contribution in [3.05, 3.63) is 84.1 Å². The smallest absolute Gasteiger partial charge is 0.317 e. The van der Waals surface area contributed by atoms with Gasteiger partial charge in [-0.1, -0.05) is 18.2 Å². The normalized spacial score (nSPS) is 14.5. The van der Waals surface area contributed by atoms with E-state index in [9.17, 15) is 22.4 Å². The largest absolute Gasteiger partial charge is 0.417 e. The van der Waals surface area contributed by atoms with Gasteiger partial charge >= 0.3 is 12.2 Å². The van der Waals surface area contributed by atoms with Crippen LogP contribution in [0.15, 0.2) is 67.0 Å². The molecule has 0 N–H and O–H groups in total. The molecular weight excluding hydrogens is 438 g/mol. The van der Waals surface area contributed by atoms with Crippen LogP contribution in [0.5, 0.6) is 0 Å². The molecule has 3 heterocycles. The van der Waals surface area contributed by atoms with Crippen molar-refractivity contribution in [3.63, 3.8) is 0 Å². The maximum Gasteiger partial charge on any atom is 0.417 e. The molecule has 0 unspecified atom stereocenters. The van der Waals surface area contributed by atoms with E-state index in [1.54, 1.807) is 47.5 Å². The lowest BCUT2D eigenvalue weighted by Crippen LogP contribution is -2.31. The number of para-hydroxylation sites is 1. The molecule has 5 rings (SSSR count). The van der Waals surface area contributed by atoms with Crippen molar-refractivity contribution in [2.24, 2.45) is 0 Å². The number of pyridine rings is 1. The maximum atomic E-state index is 14.3. The number of hydrogen-bond donors (Lipinski definition) is 0. The van der Waals surface area contributed by atoms with Crippen LogP contribution in [0.4, 0.5) is 28.0 Å². The Morgan fingerprint density at radius 1 is 0.909 bits per heavy atom. The number of benzene rings is 2. The van der Waals surface area contributed by atoms with Crippen LogP contribution in [-0.4, -0.2) is 38.8 Å². The first kappa shape index (κ1) is 20.9. The number of nitrogens with zero attached hydrogens (tertiary/aromatic N) is 5. The van der Waals surface area contributed by atoms with Gasteiger partial charge in [-0.15, -0.1) is 0 Å². The molecule has 0 atom stereocenters. The van der Waals surface area contributed by atoms with Gasteiger partial charge in [0, 0.05) is 24.7 Å². The molecule has 0 bridgehead atoms. The summed E-state index contributed by atoms with van der Waals surface area (Å²) in [5, 5.41) is 5.01. The van der Waals surface area contributed by atoms with Crippen LogP contribution in [0.25, 0.3) is 16.6 Å². The van der Waals surface area contributed by atoms with Gasteiger partial charge in [0.15, 0.2) is 0 Å². The van der Waals surface area contributed by atoms with Crippen molar-refractivity contribution in [1.29, 1.82) is 0 Å². The molecule has 2 aromatic carbocycles. The van der Waals surface area contributed by atoms with Crippen molar-refractivity contribution >= 4 is 22.6 Å². The van der Waals surface area contributed by atoms with Gasteiger partial charge in [-0.25, -0.2) is 13.9 Å². The first-order valence-electron chi connectivity index (χ1n) is 10.1. The van der Waals surface area contributed by atoms with Gasteiger partial charge in [-0.3, -0.25) is 9.88 Å². The Hall–Kier alpha value is -3.95. The third kappa shape index (κ3) is 3.77. The van der Waals surface area contributed by atoms with E-state index in [2.05, 4.69) is 10.1 Å². The fraction of sp³-hybridized carbons (Fsp3) is 0.174. The number of anilines is 1. The quantitative estimate of drug-likeness (QED) is 0.406. The first-order valence-corrected chi connectivity index (χ1v) is 10.1. The summed E-state index contributed by atoms with van der Waals surface area (Å²) in [7, 11) is 0. The summed E-state index contributed by atoms with van der Waals surface area (Å²) in [6.07, 6.45) is -2.10. The molecule has 1 fully saturated rings. The lowest BCUT2D eigenvalue weighted by atomic mass is 10.2. The number of fused-ring (bicyclic) bond motifs is 1. The Morgan fingerprint density at radius 3 is 2.42 bits per heavy atom. The minimum absolute atomic E-state index is 0.0952. The zero-order valence-corrected chi connectivity index (χ0v) is 17.1. The summed E-state index contributed by atoms with van der Waals surface area (Å²) >= 11 is 0. The second-order valence-corrected chi connectivity index (χ2v) is 7.61. The fourth-order valence-electron chi connectivity index (χ4n) is 3.92. The van der Waals surface area contributed by atoms with E-state index in [0.717, 1.165) is 12.3 Å². The SMILES string of the molecule is O=C1N(Cc2ccc(C(F)(F)F)cn2)CCN1c1cccc2c1cnn2-c1ccccc1F. The molecule has 0 aliphatic carbocycles.